The van der Waals surface area contributed by atoms with E-state index in [4.69, 9.17) is 9.84 Å². The van der Waals surface area contributed by atoms with Gasteiger partial charge in [0.05, 0.1) is 24.5 Å². The minimum absolute atomic E-state index is 0.124. The zero-order valence-corrected chi connectivity index (χ0v) is 12.3. The van der Waals surface area contributed by atoms with E-state index in [2.05, 4.69) is 0 Å². The predicted molar refractivity (Wildman–Crippen MR) is 73.5 cm³/mol. The molecule has 1 aliphatic rings. The zero-order chi connectivity index (χ0) is 15.0. The lowest BCUT2D eigenvalue weighted by Gasteiger charge is -2.30. The topological polar surface area (TPSA) is 80.7 Å². The summed E-state index contributed by atoms with van der Waals surface area (Å²) in [5, 5.41) is 8.48. The van der Waals surface area contributed by atoms with Crippen LogP contribution in [0.3, 0.4) is 0 Å². The van der Waals surface area contributed by atoms with Crippen LogP contribution in [0.1, 0.15) is 25.8 Å². The summed E-state index contributed by atoms with van der Waals surface area (Å²) in [5.74, 6) is -0.950. The van der Waals surface area contributed by atoms with Crippen LogP contribution in [0.25, 0.3) is 0 Å². The third-order valence-corrected chi connectivity index (χ3v) is 5.68. The molecule has 2 rings (SSSR count). The number of aliphatic carboxylic acids is 1. The average molecular weight is 298 g/mol. The van der Waals surface area contributed by atoms with Crippen molar-refractivity contribution in [3.05, 3.63) is 29.8 Å². The number of carboxylic acid groups (broad SMARTS) is 1. The monoisotopic (exact) mass is 298 g/mol. The Kier molecular flexibility index (Phi) is 3.88. The fraction of sp³-hybridized carbons (Fsp3) is 0.500. The number of benzene rings is 1. The van der Waals surface area contributed by atoms with Gasteiger partial charge in [0.25, 0.3) is 0 Å². The van der Waals surface area contributed by atoms with Crippen LogP contribution in [0.2, 0.25) is 0 Å². The quantitative estimate of drug-likeness (QED) is 0.893. The molecular formula is C14H18O5S. The number of ether oxygens (including phenoxy) is 1. The van der Waals surface area contributed by atoms with E-state index in [0.29, 0.717) is 5.56 Å². The highest BCUT2D eigenvalue weighted by Crippen LogP contribution is 2.34. The molecule has 1 aliphatic heterocycles. The minimum Gasteiger partial charge on any atom is -0.481 e. The molecule has 1 N–H and O–H groups in total. The fourth-order valence-electron chi connectivity index (χ4n) is 2.32. The van der Waals surface area contributed by atoms with Crippen molar-refractivity contribution in [1.82, 2.24) is 0 Å². The molecule has 1 aromatic rings. The van der Waals surface area contributed by atoms with E-state index in [1.54, 1.807) is 38.1 Å². The van der Waals surface area contributed by atoms with Crippen molar-refractivity contribution in [3.8, 4) is 0 Å². The van der Waals surface area contributed by atoms with E-state index in [-0.39, 0.29) is 24.5 Å². The molecule has 1 saturated heterocycles. The second kappa shape index (κ2) is 5.18. The van der Waals surface area contributed by atoms with Crippen LogP contribution in [0.15, 0.2) is 29.2 Å². The van der Waals surface area contributed by atoms with Crippen LogP contribution in [0, 0.1) is 0 Å². The molecule has 1 heterocycles. The molecule has 1 aromatic carbocycles. The van der Waals surface area contributed by atoms with Crippen molar-refractivity contribution >= 4 is 15.8 Å². The summed E-state index contributed by atoms with van der Waals surface area (Å²) in [4.78, 5) is 11.2. The van der Waals surface area contributed by atoms with Gasteiger partial charge in [-0.2, -0.15) is 0 Å². The Morgan fingerprint density at radius 1 is 1.35 bits per heavy atom. The predicted octanol–water partition coefficient (Wildman–Crippen LogP) is 1.61. The highest BCUT2D eigenvalue weighted by molar-refractivity contribution is 7.92. The van der Waals surface area contributed by atoms with Crippen LogP contribution in [0.4, 0.5) is 0 Å². The molecule has 5 nitrogen and oxygen atoms in total. The molecule has 0 saturated carbocycles. The molecule has 0 atom stereocenters. The van der Waals surface area contributed by atoms with Gasteiger partial charge in [-0.25, -0.2) is 8.42 Å². The van der Waals surface area contributed by atoms with E-state index in [0.717, 1.165) is 0 Å². The van der Waals surface area contributed by atoms with E-state index in [1.807, 2.05) is 0 Å². The molecule has 6 heteroatoms. The average Bonchev–Trinajstić information content (AvgIpc) is 2.24. The second-order valence-electron chi connectivity index (χ2n) is 5.66. The molecule has 20 heavy (non-hydrogen) atoms. The first kappa shape index (κ1) is 15.0. The molecule has 0 spiro atoms. The van der Waals surface area contributed by atoms with E-state index in [1.165, 1.54) is 0 Å². The van der Waals surface area contributed by atoms with Gasteiger partial charge in [0.2, 0.25) is 0 Å². The standard InChI is InChI=1S/C14H18O5S/c1-14(2,7-13(15)16)11-5-3-4-6-12(11)20(17,18)10-8-19-9-10/h3-6,10H,7-9H2,1-2H3,(H,15,16). The Balaban J connectivity index is 2.48. The molecule has 0 aliphatic carbocycles. The smallest absolute Gasteiger partial charge is 0.304 e. The van der Waals surface area contributed by atoms with Crippen molar-refractivity contribution in [3.63, 3.8) is 0 Å². The van der Waals surface area contributed by atoms with Gasteiger partial charge in [-0.1, -0.05) is 32.0 Å². The van der Waals surface area contributed by atoms with Gasteiger partial charge in [-0.3, -0.25) is 4.79 Å². The summed E-state index contributed by atoms with van der Waals surface area (Å²) in [6.07, 6.45) is -0.124. The lowest BCUT2D eigenvalue weighted by atomic mass is 9.81. The molecule has 0 amide bonds. The normalized spacial score (nSPS) is 16.7. The summed E-state index contributed by atoms with van der Waals surface area (Å²) in [6.45, 7) is 3.89. The van der Waals surface area contributed by atoms with Crippen LogP contribution in [-0.4, -0.2) is 38.0 Å². The maximum atomic E-state index is 12.5. The Morgan fingerprint density at radius 3 is 2.45 bits per heavy atom. The highest BCUT2D eigenvalue weighted by Gasteiger charge is 2.38. The lowest BCUT2D eigenvalue weighted by molar-refractivity contribution is -0.138. The maximum absolute atomic E-state index is 12.5. The molecule has 0 aromatic heterocycles. The van der Waals surface area contributed by atoms with Crippen molar-refractivity contribution in [2.24, 2.45) is 0 Å². The van der Waals surface area contributed by atoms with Gasteiger partial charge in [0, 0.05) is 5.41 Å². The number of carboxylic acids is 1. The third-order valence-electron chi connectivity index (χ3n) is 3.56. The van der Waals surface area contributed by atoms with Crippen molar-refractivity contribution in [2.45, 2.75) is 35.8 Å². The summed E-state index contributed by atoms with van der Waals surface area (Å²) >= 11 is 0. The third kappa shape index (κ3) is 2.71. The largest absolute Gasteiger partial charge is 0.481 e. The first-order chi connectivity index (χ1) is 9.25. The zero-order valence-electron chi connectivity index (χ0n) is 11.5. The SMILES string of the molecule is CC(C)(CC(=O)O)c1ccccc1S(=O)(=O)C1COC1. The summed E-state index contributed by atoms with van der Waals surface area (Å²) in [7, 11) is -3.47. The Labute approximate surface area is 118 Å². The van der Waals surface area contributed by atoms with E-state index < -0.39 is 26.5 Å². The molecule has 110 valence electrons. The Morgan fingerprint density at radius 2 is 1.95 bits per heavy atom. The van der Waals surface area contributed by atoms with Crippen LogP contribution in [-0.2, 0) is 24.8 Å². The van der Waals surface area contributed by atoms with Crippen LogP contribution in [0.5, 0.6) is 0 Å². The van der Waals surface area contributed by atoms with Crippen molar-refractivity contribution in [2.75, 3.05) is 13.2 Å². The van der Waals surface area contributed by atoms with Crippen LogP contribution < -0.4 is 0 Å². The van der Waals surface area contributed by atoms with E-state index in [9.17, 15) is 13.2 Å². The van der Waals surface area contributed by atoms with Gasteiger partial charge >= 0.3 is 5.97 Å². The van der Waals surface area contributed by atoms with Gasteiger partial charge in [-0.15, -0.1) is 0 Å². The number of hydrogen-bond donors (Lipinski definition) is 1. The van der Waals surface area contributed by atoms with Gasteiger partial charge in [0.1, 0.15) is 5.25 Å². The summed E-state index contributed by atoms with van der Waals surface area (Å²) < 4.78 is 30.0. The maximum Gasteiger partial charge on any atom is 0.304 e. The second-order valence-corrected chi connectivity index (χ2v) is 7.85. The number of hydrogen-bond acceptors (Lipinski definition) is 4. The van der Waals surface area contributed by atoms with Gasteiger partial charge in [0.15, 0.2) is 9.84 Å². The molecule has 1 fully saturated rings. The molecular weight excluding hydrogens is 280 g/mol. The van der Waals surface area contributed by atoms with Gasteiger partial charge < -0.3 is 9.84 Å². The summed E-state index contributed by atoms with van der Waals surface area (Å²) in [6, 6.07) is 6.63. The van der Waals surface area contributed by atoms with E-state index >= 15 is 0 Å². The highest BCUT2D eigenvalue weighted by atomic mass is 32.2. The van der Waals surface area contributed by atoms with Crippen molar-refractivity contribution < 1.29 is 23.1 Å². The van der Waals surface area contributed by atoms with Gasteiger partial charge in [-0.05, 0) is 11.6 Å². The number of carbonyl (C=O) groups is 1. The fourth-order valence-corrected chi connectivity index (χ4v) is 4.15. The number of rotatable bonds is 5. The Hall–Kier alpha value is -1.40. The Bertz CT molecular complexity index is 614. The number of sulfone groups is 1. The van der Waals surface area contributed by atoms with Crippen molar-refractivity contribution in [1.29, 1.82) is 0 Å². The molecule has 0 bridgehead atoms. The molecule has 0 radical (unpaired) electrons. The lowest BCUT2D eigenvalue weighted by Crippen LogP contribution is -2.41. The van der Waals surface area contributed by atoms with Crippen LogP contribution >= 0.6 is 0 Å². The first-order valence-electron chi connectivity index (χ1n) is 6.38. The summed E-state index contributed by atoms with van der Waals surface area (Å²) in [5.41, 5.74) is -0.200. The first-order valence-corrected chi connectivity index (χ1v) is 7.93. The molecule has 0 unspecified atom stereocenters. The minimum atomic E-state index is -3.47.